The van der Waals surface area contributed by atoms with E-state index in [4.69, 9.17) is 9.47 Å². The summed E-state index contributed by atoms with van der Waals surface area (Å²) in [6, 6.07) is 11.4. The third kappa shape index (κ3) is 4.66. The molecule has 2 N–H and O–H groups in total. The second-order valence-corrected chi connectivity index (χ2v) is 4.48. The quantitative estimate of drug-likeness (QED) is 0.856. The first-order valence-corrected chi connectivity index (χ1v) is 6.98. The highest BCUT2D eigenvalue weighted by atomic mass is 16.5. The fraction of sp³-hybridized carbons (Fsp3) is 0.250. The van der Waals surface area contributed by atoms with Crippen LogP contribution in [0, 0.1) is 0 Å². The first kappa shape index (κ1) is 15.6. The predicted octanol–water partition coefficient (Wildman–Crippen LogP) is 3.27. The maximum absolute atomic E-state index is 11.3. The second kappa shape index (κ2) is 7.87. The van der Waals surface area contributed by atoms with E-state index in [2.05, 4.69) is 15.6 Å². The average molecular weight is 301 g/mol. The summed E-state index contributed by atoms with van der Waals surface area (Å²) >= 11 is 0. The molecule has 0 unspecified atom stereocenters. The Kier molecular flexibility index (Phi) is 5.59. The molecule has 0 atom stereocenters. The van der Waals surface area contributed by atoms with Crippen LogP contribution in [0.1, 0.15) is 12.5 Å². The molecule has 2 rings (SSSR count). The van der Waals surface area contributed by atoms with Crippen LogP contribution in [-0.2, 0) is 11.3 Å². The maximum atomic E-state index is 11.3. The molecule has 0 aliphatic rings. The molecule has 0 spiro atoms. The van der Waals surface area contributed by atoms with Crippen molar-refractivity contribution in [2.24, 2.45) is 0 Å². The van der Waals surface area contributed by atoms with Crippen molar-refractivity contribution in [1.29, 1.82) is 0 Å². The first-order chi connectivity index (χ1) is 10.7. The van der Waals surface area contributed by atoms with Gasteiger partial charge in [-0.05, 0) is 36.8 Å². The Hall–Kier alpha value is -2.76. The van der Waals surface area contributed by atoms with E-state index in [1.165, 1.54) is 0 Å². The largest absolute Gasteiger partial charge is 0.497 e. The van der Waals surface area contributed by atoms with Crippen LogP contribution < -0.4 is 15.4 Å². The molecule has 0 aliphatic carbocycles. The van der Waals surface area contributed by atoms with Crippen molar-refractivity contribution in [1.82, 2.24) is 4.98 Å². The molecule has 0 radical (unpaired) electrons. The normalized spacial score (nSPS) is 9.91. The molecular formula is C16H19N3O3. The molecule has 6 heteroatoms. The highest BCUT2D eigenvalue weighted by Crippen LogP contribution is 2.14. The van der Waals surface area contributed by atoms with Crippen LogP contribution >= 0.6 is 0 Å². The highest BCUT2D eigenvalue weighted by Gasteiger charge is 2.02. The van der Waals surface area contributed by atoms with Crippen LogP contribution in [0.3, 0.4) is 0 Å². The van der Waals surface area contributed by atoms with Gasteiger partial charge < -0.3 is 14.8 Å². The van der Waals surface area contributed by atoms with Gasteiger partial charge >= 0.3 is 6.09 Å². The molecule has 2 aromatic rings. The monoisotopic (exact) mass is 301 g/mol. The lowest BCUT2D eigenvalue weighted by Crippen LogP contribution is -2.13. The summed E-state index contributed by atoms with van der Waals surface area (Å²) in [6.07, 6.45) is 1.09. The smallest absolute Gasteiger partial charge is 0.411 e. The minimum absolute atomic E-state index is 0.334. The molecule has 1 amide bonds. The van der Waals surface area contributed by atoms with E-state index in [-0.39, 0.29) is 0 Å². The zero-order chi connectivity index (χ0) is 15.8. The van der Waals surface area contributed by atoms with E-state index in [1.54, 1.807) is 32.4 Å². The van der Waals surface area contributed by atoms with Crippen molar-refractivity contribution < 1.29 is 14.3 Å². The summed E-state index contributed by atoms with van der Waals surface area (Å²) in [5.41, 5.74) is 1.71. The number of pyridine rings is 1. The number of carbonyl (C=O) groups is 1. The van der Waals surface area contributed by atoms with Gasteiger partial charge in [0, 0.05) is 6.54 Å². The molecule has 1 aromatic heterocycles. The van der Waals surface area contributed by atoms with Crippen molar-refractivity contribution in [2.75, 3.05) is 24.4 Å². The van der Waals surface area contributed by atoms with Gasteiger partial charge in [0.2, 0.25) is 0 Å². The minimum atomic E-state index is -0.483. The van der Waals surface area contributed by atoms with Crippen molar-refractivity contribution in [2.45, 2.75) is 13.5 Å². The van der Waals surface area contributed by atoms with E-state index in [9.17, 15) is 4.79 Å². The van der Waals surface area contributed by atoms with E-state index in [0.717, 1.165) is 17.1 Å². The molecule has 0 aliphatic heterocycles. The molecule has 0 saturated carbocycles. The molecule has 116 valence electrons. The van der Waals surface area contributed by atoms with Gasteiger partial charge in [-0.25, -0.2) is 9.78 Å². The second-order valence-electron chi connectivity index (χ2n) is 4.48. The Balaban J connectivity index is 1.86. The molecule has 22 heavy (non-hydrogen) atoms. The van der Waals surface area contributed by atoms with Crippen LogP contribution in [0.2, 0.25) is 0 Å². The standard InChI is InChI=1S/C16H19N3O3/c1-3-22-16(20)19-13-6-9-15(18-11-13)17-10-12-4-7-14(21-2)8-5-12/h4-9,11H,3,10H2,1-2H3,(H,17,18)(H,19,20). The number of carbonyl (C=O) groups excluding carboxylic acids is 1. The van der Waals surface area contributed by atoms with Gasteiger partial charge in [-0.15, -0.1) is 0 Å². The number of ether oxygens (including phenoxy) is 2. The molecule has 6 nitrogen and oxygen atoms in total. The lowest BCUT2D eigenvalue weighted by Gasteiger charge is -2.08. The summed E-state index contributed by atoms with van der Waals surface area (Å²) in [6.45, 7) is 2.74. The summed E-state index contributed by atoms with van der Waals surface area (Å²) in [5.74, 6) is 1.56. The van der Waals surface area contributed by atoms with E-state index < -0.39 is 6.09 Å². The summed E-state index contributed by atoms with van der Waals surface area (Å²) in [7, 11) is 1.64. The topological polar surface area (TPSA) is 72.5 Å². The Labute approximate surface area is 129 Å². The zero-order valence-corrected chi connectivity index (χ0v) is 12.6. The zero-order valence-electron chi connectivity index (χ0n) is 12.6. The van der Waals surface area contributed by atoms with Crippen LogP contribution in [-0.4, -0.2) is 24.8 Å². The Bertz CT molecular complexity index is 597. The van der Waals surface area contributed by atoms with Crippen molar-refractivity contribution >= 4 is 17.6 Å². The third-order valence-electron chi connectivity index (χ3n) is 2.92. The van der Waals surface area contributed by atoms with E-state index >= 15 is 0 Å². The predicted molar refractivity (Wildman–Crippen MR) is 85.2 cm³/mol. The molecule has 1 aromatic carbocycles. The number of anilines is 2. The van der Waals surface area contributed by atoms with Gasteiger partial charge in [-0.2, -0.15) is 0 Å². The minimum Gasteiger partial charge on any atom is -0.497 e. The maximum Gasteiger partial charge on any atom is 0.411 e. The first-order valence-electron chi connectivity index (χ1n) is 6.98. The van der Waals surface area contributed by atoms with E-state index in [1.807, 2.05) is 24.3 Å². The third-order valence-corrected chi connectivity index (χ3v) is 2.92. The lowest BCUT2D eigenvalue weighted by molar-refractivity contribution is 0.168. The number of methoxy groups -OCH3 is 1. The Morgan fingerprint density at radius 3 is 2.55 bits per heavy atom. The van der Waals surface area contributed by atoms with Crippen molar-refractivity contribution in [3.05, 3.63) is 48.2 Å². The fourth-order valence-corrected chi connectivity index (χ4v) is 1.79. The average Bonchev–Trinajstić information content (AvgIpc) is 2.55. The number of nitrogens with one attached hydrogen (secondary N) is 2. The van der Waals surface area contributed by atoms with Gasteiger partial charge in [-0.3, -0.25) is 5.32 Å². The summed E-state index contributed by atoms with van der Waals surface area (Å²) in [5, 5.41) is 5.80. The van der Waals surface area contributed by atoms with Crippen LogP contribution in [0.5, 0.6) is 5.75 Å². The van der Waals surface area contributed by atoms with Gasteiger partial charge in [0.15, 0.2) is 0 Å². The van der Waals surface area contributed by atoms with Gasteiger partial charge in [0.1, 0.15) is 11.6 Å². The van der Waals surface area contributed by atoms with Crippen LogP contribution in [0.25, 0.3) is 0 Å². The van der Waals surface area contributed by atoms with Gasteiger partial charge in [-0.1, -0.05) is 12.1 Å². The molecule has 1 heterocycles. The molecule has 0 fully saturated rings. The fourth-order valence-electron chi connectivity index (χ4n) is 1.79. The number of aromatic nitrogens is 1. The highest BCUT2D eigenvalue weighted by molar-refractivity contribution is 5.84. The number of hydrogen-bond acceptors (Lipinski definition) is 5. The Morgan fingerprint density at radius 1 is 1.18 bits per heavy atom. The number of benzene rings is 1. The molecule has 0 saturated heterocycles. The van der Waals surface area contributed by atoms with Crippen LogP contribution in [0.4, 0.5) is 16.3 Å². The van der Waals surface area contributed by atoms with Crippen LogP contribution in [0.15, 0.2) is 42.6 Å². The number of hydrogen-bond donors (Lipinski definition) is 2. The summed E-state index contributed by atoms with van der Waals surface area (Å²) in [4.78, 5) is 15.5. The number of rotatable bonds is 6. The van der Waals surface area contributed by atoms with Crippen molar-refractivity contribution in [3.63, 3.8) is 0 Å². The van der Waals surface area contributed by atoms with Gasteiger partial charge in [0.05, 0.1) is 25.6 Å². The Morgan fingerprint density at radius 2 is 1.95 bits per heavy atom. The number of nitrogens with zero attached hydrogens (tertiary/aromatic N) is 1. The summed E-state index contributed by atoms with van der Waals surface area (Å²) < 4.78 is 9.91. The van der Waals surface area contributed by atoms with Gasteiger partial charge in [0.25, 0.3) is 0 Å². The molecule has 0 bridgehead atoms. The molecular weight excluding hydrogens is 282 g/mol. The SMILES string of the molecule is CCOC(=O)Nc1ccc(NCc2ccc(OC)cc2)nc1. The lowest BCUT2D eigenvalue weighted by atomic mass is 10.2. The number of amides is 1. The van der Waals surface area contributed by atoms with E-state index in [0.29, 0.717) is 18.8 Å². The van der Waals surface area contributed by atoms with Crippen molar-refractivity contribution in [3.8, 4) is 5.75 Å².